The van der Waals surface area contributed by atoms with E-state index in [1.165, 1.54) is 13.2 Å². The Morgan fingerprint density at radius 2 is 1.93 bits per heavy atom. The van der Waals surface area contributed by atoms with Gasteiger partial charge in [0.05, 0.1) is 12.1 Å². The van der Waals surface area contributed by atoms with Gasteiger partial charge < -0.3 is 13.9 Å². The van der Waals surface area contributed by atoms with E-state index in [1.54, 1.807) is 36.4 Å². The number of carbonyl (C=O) groups is 1. The molecule has 0 unspecified atom stereocenters. The first-order chi connectivity index (χ1) is 13.5. The lowest BCUT2D eigenvalue weighted by molar-refractivity contribution is -0.149. The molecule has 0 fully saturated rings. The Morgan fingerprint density at radius 1 is 1.18 bits per heavy atom. The minimum absolute atomic E-state index is 0.240. The molecule has 0 bridgehead atoms. The number of esters is 1. The van der Waals surface area contributed by atoms with E-state index in [1.807, 2.05) is 6.07 Å². The summed E-state index contributed by atoms with van der Waals surface area (Å²) in [6.07, 6.45) is 1.72. The van der Waals surface area contributed by atoms with Crippen molar-refractivity contribution in [2.45, 2.75) is 32.3 Å². The van der Waals surface area contributed by atoms with Gasteiger partial charge in [-0.25, -0.2) is 9.59 Å². The van der Waals surface area contributed by atoms with Crippen LogP contribution in [0.1, 0.15) is 37.0 Å². The molecule has 2 aromatic carbocycles. The molecule has 146 valence electrons. The number of hydrogen-bond acceptors (Lipinski definition) is 5. The lowest BCUT2D eigenvalue weighted by atomic mass is 10.0. The first-order valence-electron chi connectivity index (χ1n) is 9.09. The average Bonchev–Trinajstić information content (AvgIpc) is 2.71. The molecule has 0 aliphatic carbocycles. The molecule has 1 aromatic heterocycles. The Balaban J connectivity index is 2.03. The summed E-state index contributed by atoms with van der Waals surface area (Å²) in [7, 11) is 1.29. The minimum Gasteiger partial charge on any atom is -0.472 e. The van der Waals surface area contributed by atoms with Crippen molar-refractivity contribution in [1.29, 1.82) is 0 Å². The highest BCUT2D eigenvalue weighted by Crippen LogP contribution is 2.34. The molecular formula is C22H21ClO5. The smallest absolute Gasteiger partial charge is 0.351 e. The van der Waals surface area contributed by atoms with E-state index in [0.717, 1.165) is 30.2 Å². The number of carbonyl (C=O) groups excluding carboxylic acids is 1. The number of aryl methyl sites for hydroxylation is 1. The van der Waals surface area contributed by atoms with Crippen molar-refractivity contribution in [2.75, 3.05) is 7.11 Å². The van der Waals surface area contributed by atoms with Gasteiger partial charge in [-0.2, -0.15) is 0 Å². The molecule has 1 heterocycles. The van der Waals surface area contributed by atoms with Gasteiger partial charge in [0.15, 0.2) is 0 Å². The maximum absolute atomic E-state index is 12.3. The van der Waals surface area contributed by atoms with E-state index in [9.17, 15) is 9.59 Å². The van der Waals surface area contributed by atoms with Gasteiger partial charge in [-0.1, -0.05) is 55.3 Å². The Labute approximate surface area is 167 Å². The van der Waals surface area contributed by atoms with Crippen LogP contribution in [0.5, 0.6) is 5.75 Å². The lowest BCUT2D eigenvalue weighted by Gasteiger charge is -2.18. The van der Waals surface area contributed by atoms with Gasteiger partial charge in [0.1, 0.15) is 11.3 Å². The highest BCUT2D eigenvalue weighted by molar-refractivity contribution is 6.32. The number of hydrogen-bond donors (Lipinski definition) is 0. The van der Waals surface area contributed by atoms with Crippen LogP contribution in [0.2, 0.25) is 5.02 Å². The molecular weight excluding hydrogens is 380 g/mol. The van der Waals surface area contributed by atoms with Gasteiger partial charge in [-0.3, -0.25) is 0 Å². The molecule has 0 saturated heterocycles. The van der Waals surface area contributed by atoms with Crippen LogP contribution in [0.25, 0.3) is 11.0 Å². The summed E-state index contributed by atoms with van der Waals surface area (Å²) in [4.78, 5) is 24.2. The molecule has 0 aliphatic heterocycles. The van der Waals surface area contributed by atoms with Crippen LogP contribution >= 0.6 is 11.6 Å². The van der Waals surface area contributed by atoms with Crippen LogP contribution in [0.4, 0.5) is 0 Å². The number of unbranched alkanes of at least 4 members (excludes halogenated alkanes) is 1. The fourth-order valence-electron chi connectivity index (χ4n) is 3.01. The molecule has 0 spiro atoms. The predicted octanol–water partition coefficient (Wildman–Crippen LogP) is 5.08. The molecule has 5 nitrogen and oxygen atoms in total. The van der Waals surface area contributed by atoms with Crippen LogP contribution in [0.15, 0.2) is 57.7 Å². The van der Waals surface area contributed by atoms with Crippen molar-refractivity contribution in [2.24, 2.45) is 0 Å². The molecule has 0 N–H and O–H groups in total. The van der Waals surface area contributed by atoms with Crippen molar-refractivity contribution in [1.82, 2.24) is 0 Å². The average molecular weight is 401 g/mol. The Bertz CT molecular complexity index is 1030. The maximum atomic E-state index is 12.3. The number of rotatable bonds is 7. The van der Waals surface area contributed by atoms with Crippen LogP contribution in [-0.4, -0.2) is 13.1 Å². The monoisotopic (exact) mass is 400 g/mol. The summed E-state index contributed by atoms with van der Waals surface area (Å²) in [6, 6.07) is 13.7. The summed E-state index contributed by atoms with van der Waals surface area (Å²) in [5, 5.41) is 1.09. The molecule has 0 amide bonds. The zero-order valence-corrected chi connectivity index (χ0v) is 16.5. The second-order valence-electron chi connectivity index (χ2n) is 6.40. The highest BCUT2D eigenvalue weighted by Gasteiger charge is 2.25. The molecule has 1 atom stereocenters. The zero-order valence-electron chi connectivity index (χ0n) is 15.7. The summed E-state index contributed by atoms with van der Waals surface area (Å²) >= 11 is 6.43. The number of benzene rings is 2. The fourth-order valence-corrected chi connectivity index (χ4v) is 3.21. The topological polar surface area (TPSA) is 65.7 Å². The summed E-state index contributed by atoms with van der Waals surface area (Å²) in [5.41, 5.74) is 1.45. The number of methoxy groups -OCH3 is 1. The first-order valence-corrected chi connectivity index (χ1v) is 9.47. The van der Waals surface area contributed by atoms with E-state index in [2.05, 4.69) is 6.92 Å². The molecule has 0 radical (unpaired) electrons. The molecule has 3 aromatic rings. The molecule has 0 saturated carbocycles. The summed E-state index contributed by atoms with van der Waals surface area (Å²) in [5.74, 6) is -0.315. The zero-order chi connectivity index (χ0) is 20.1. The van der Waals surface area contributed by atoms with Gasteiger partial charge in [0.25, 0.3) is 0 Å². The van der Waals surface area contributed by atoms with Gasteiger partial charge in [-0.15, -0.1) is 0 Å². The van der Waals surface area contributed by atoms with E-state index >= 15 is 0 Å². The normalized spacial score (nSPS) is 12.0. The molecule has 28 heavy (non-hydrogen) atoms. The van der Waals surface area contributed by atoms with E-state index in [4.69, 9.17) is 25.5 Å². The molecule has 6 heteroatoms. The van der Waals surface area contributed by atoms with Crippen LogP contribution in [-0.2, 0) is 16.0 Å². The fraction of sp³-hybridized carbons (Fsp3) is 0.273. The predicted molar refractivity (Wildman–Crippen MR) is 108 cm³/mol. The van der Waals surface area contributed by atoms with Crippen molar-refractivity contribution < 1.29 is 18.7 Å². The maximum Gasteiger partial charge on any atom is 0.351 e. The number of halogens is 1. The highest BCUT2D eigenvalue weighted by atomic mass is 35.5. The standard InChI is InChI=1S/C22H21ClO5/c1-3-4-8-15-11-20(24)27-18-13-19(17(23)12-16(15)18)28-21(22(25)26-2)14-9-6-5-7-10-14/h5-7,9-13,21H,3-4,8H2,1-2H3/t21-/m0/s1. The van der Waals surface area contributed by atoms with Gasteiger partial charge in [0, 0.05) is 23.1 Å². The van der Waals surface area contributed by atoms with E-state index in [0.29, 0.717) is 16.2 Å². The van der Waals surface area contributed by atoms with Gasteiger partial charge in [0.2, 0.25) is 6.10 Å². The molecule has 0 aliphatic rings. The third-order valence-electron chi connectivity index (χ3n) is 4.44. The Hall–Kier alpha value is -2.79. The first kappa shape index (κ1) is 20.0. The van der Waals surface area contributed by atoms with Crippen molar-refractivity contribution in [3.8, 4) is 5.75 Å². The Morgan fingerprint density at radius 3 is 2.61 bits per heavy atom. The number of fused-ring (bicyclic) bond motifs is 1. The lowest BCUT2D eigenvalue weighted by Crippen LogP contribution is -2.20. The third-order valence-corrected chi connectivity index (χ3v) is 4.74. The number of ether oxygens (including phenoxy) is 2. The summed E-state index contributed by atoms with van der Waals surface area (Å²) < 4.78 is 16.1. The SMILES string of the molecule is CCCCc1cc(=O)oc2cc(O[C@H](C(=O)OC)c3ccccc3)c(Cl)cc12. The summed E-state index contributed by atoms with van der Waals surface area (Å²) in [6.45, 7) is 2.09. The Kier molecular flexibility index (Phi) is 6.37. The van der Waals surface area contributed by atoms with Crippen molar-refractivity contribution >= 4 is 28.5 Å². The van der Waals surface area contributed by atoms with Crippen molar-refractivity contribution in [3.63, 3.8) is 0 Å². The van der Waals surface area contributed by atoms with Crippen LogP contribution in [0.3, 0.4) is 0 Å². The second kappa shape index (κ2) is 8.93. The van der Waals surface area contributed by atoms with E-state index < -0.39 is 17.7 Å². The molecule has 3 rings (SSSR count). The van der Waals surface area contributed by atoms with Gasteiger partial charge >= 0.3 is 11.6 Å². The quantitative estimate of drug-likeness (QED) is 0.408. The minimum atomic E-state index is -0.990. The van der Waals surface area contributed by atoms with Gasteiger partial charge in [-0.05, 0) is 24.5 Å². The largest absolute Gasteiger partial charge is 0.472 e. The van der Waals surface area contributed by atoms with E-state index in [-0.39, 0.29) is 5.75 Å². The third kappa shape index (κ3) is 4.37. The van der Waals surface area contributed by atoms with Crippen LogP contribution < -0.4 is 10.4 Å². The second-order valence-corrected chi connectivity index (χ2v) is 6.81. The van der Waals surface area contributed by atoms with Crippen LogP contribution in [0, 0.1) is 0 Å². The van der Waals surface area contributed by atoms with Crippen molar-refractivity contribution in [3.05, 3.63) is 75.1 Å².